The molecule has 6 heteroatoms. The maximum atomic E-state index is 13.5. The summed E-state index contributed by atoms with van der Waals surface area (Å²) in [6.45, 7) is 1.54. The Morgan fingerprint density at radius 2 is 2.31 bits per heavy atom. The number of nitrogens with zero attached hydrogens (tertiary/aromatic N) is 2. The van der Waals surface area contributed by atoms with Crippen LogP contribution in [0.1, 0.15) is 18.6 Å². The van der Waals surface area contributed by atoms with Gasteiger partial charge in [0.15, 0.2) is 4.34 Å². The summed E-state index contributed by atoms with van der Waals surface area (Å²) < 4.78 is 18.1. The number of aliphatic hydroxyl groups is 1. The van der Waals surface area contributed by atoms with Gasteiger partial charge < -0.3 is 5.11 Å². The van der Waals surface area contributed by atoms with E-state index in [2.05, 4.69) is 9.36 Å². The second-order valence-electron chi connectivity index (χ2n) is 3.14. The second-order valence-corrected chi connectivity index (χ2v) is 5.21. The van der Waals surface area contributed by atoms with E-state index >= 15 is 0 Å². The molecule has 0 aliphatic rings. The Morgan fingerprint density at radius 3 is 2.94 bits per heavy atom. The first-order valence-electron chi connectivity index (χ1n) is 4.59. The molecule has 16 heavy (non-hydrogen) atoms. The van der Waals surface area contributed by atoms with Crippen molar-refractivity contribution < 1.29 is 9.50 Å². The van der Waals surface area contributed by atoms with E-state index in [1.54, 1.807) is 19.1 Å². The van der Waals surface area contributed by atoms with Crippen LogP contribution in [0, 0.1) is 5.82 Å². The molecule has 0 aliphatic carbocycles. The molecule has 0 radical (unpaired) electrons. The molecule has 1 aromatic carbocycles. The van der Waals surface area contributed by atoms with Gasteiger partial charge in [0.1, 0.15) is 12.1 Å². The summed E-state index contributed by atoms with van der Waals surface area (Å²) in [4.78, 5) is 4.68. The van der Waals surface area contributed by atoms with E-state index in [-0.39, 0.29) is 0 Å². The van der Waals surface area contributed by atoms with Gasteiger partial charge in [0.05, 0.1) is 6.10 Å². The van der Waals surface area contributed by atoms with E-state index in [1.807, 2.05) is 0 Å². The molecule has 1 N–H and O–H groups in total. The molecule has 2 aromatic rings. The lowest BCUT2D eigenvalue weighted by molar-refractivity contribution is 0.191. The van der Waals surface area contributed by atoms with Crippen molar-refractivity contribution in [1.29, 1.82) is 0 Å². The second kappa shape index (κ2) is 4.90. The standard InChI is InChI=1S/C10H9FN2OS2/c1-6(14)9-7(11)3-2-4-8(9)15-10-12-5-13-16-10/h2-6,14H,1H3/t6-/m0/s1. The largest absolute Gasteiger partial charge is 0.389 e. The van der Waals surface area contributed by atoms with Crippen LogP contribution >= 0.6 is 23.3 Å². The van der Waals surface area contributed by atoms with Crippen LogP contribution in [0.25, 0.3) is 0 Å². The molecule has 0 bridgehead atoms. The predicted octanol–water partition coefficient (Wildman–Crippen LogP) is 2.88. The zero-order chi connectivity index (χ0) is 11.5. The van der Waals surface area contributed by atoms with Crippen LogP contribution in [0.2, 0.25) is 0 Å². The number of aliphatic hydroxyl groups excluding tert-OH is 1. The molecule has 3 nitrogen and oxygen atoms in total. The molecule has 84 valence electrons. The Balaban J connectivity index is 2.37. The van der Waals surface area contributed by atoms with Gasteiger partial charge >= 0.3 is 0 Å². The smallest absolute Gasteiger partial charge is 0.174 e. The summed E-state index contributed by atoms with van der Waals surface area (Å²) in [6.07, 6.45) is 0.616. The minimum Gasteiger partial charge on any atom is -0.389 e. The molecule has 2 rings (SSSR count). The minimum absolute atomic E-state index is 0.308. The number of hydrogen-bond donors (Lipinski definition) is 1. The third kappa shape index (κ3) is 2.40. The summed E-state index contributed by atoms with van der Waals surface area (Å²) in [5.74, 6) is -0.399. The van der Waals surface area contributed by atoms with Gasteiger partial charge in [0, 0.05) is 10.5 Å². The normalized spacial score (nSPS) is 12.7. The molecule has 0 amide bonds. The van der Waals surface area contributed by atoms with E-state index in [9.17, 15) is 9.50 Å². The van der Waals surface area contributed by atoms with Gasteiger partial charge in [-0.05, 0) is 30.6 Å². The van der Waals surface area contributed by atoms with Crippen molar-refractivity contribution in [3.63, 3.8) is 0 Å². The maximum absolute atomic E-state index is 13.5. The highest BCUT2D eigenvalue weighted by Gasteiger charge is 2.15. The van der Waals surface area contributed by atoms with E-state index < -0.39 is 11.9 Å². The lowest BCUT2D eigenvalue weighted by Gasteiger charge is -2.10. The van der Waals surface area contributed by atoms with E-state index in [0.717, 1.165) is 4.34 Å². The van der Waals surface area contributed by atoms with Crippen LogP contribution in [0.15, 0.2) is 33.8 Å². The fraction of sp³-hybridized carbons (Fsp3) is 0.200. The molecule has 1 heterocycles. The average molecular weight is 256 g/mol. The fourth-order valence-electron chi connectivity index (χ4n) is 1.31. The van der Waals surface area contributed by atoms with E-state index in [1.165, 1.54) is 35.7 Å². The molecule has 0 saturated carbocycles. The highest BCUT2D eigenvalue weighted by atomic mass is 32.2. The molecular formula is C10H9FN2OS2. The van der Waals surface area contributed by atoms with Crippen LogP contribution in [0.5, 0.6) is 0 Å². The summed E-state index contributed by atoms with van der Waals surface area (Å²) in [6, 6.07) is 4.72. The van der Waals surface area contributed by atoms with E-state index in [0.29, 0.717) is 10.5 Å². The summed E-state index contributed by atoms with van der Waals surface area (Å²) in [5.41, 5.74) is 0.308. The lowest BCUT2D eigenvalue weighted by Crippen LogP contribution is -1.98. The topological polar surface area (TPSA) is 46.0 Å². The highest BCUT2D eigenvalue weighted by molar-refractivity contribution is 8.01. The lowest BCUT2D eigenvalue weighted by atomic mass is 10.1. The maximum Gasteiger partial charge on any atom is 0.174 e. The van der Waals surface area contributed by atoms with Crippen molar-refractivity contribution in [3.8, 4) is 0 Å². The number of rotatable bonds is 3. The fourth-order valence-corrected chi connectivity index (χ4v) is 2.95. The molecular weight excluding hydrogens is 247 g/mol. The van der Waals surface area contributed by atoms with Crippen LogP contribution in [0.4, 0.5) is 4.39 Å². The van der Waals surface area contributed by atoms with Crippen LogP contribution < -0.4 is 0 Å². The van der Waals surface area contributed by atoms with Crippen LogP contribution in [0.3, 0.4) is 0 Å². The molecule has 1 atom stereocenters. The molecule has 0 aliphatic heterocycles. The van der Waals surface area contributed by atoms with Crippen molar-refractivity contribution in [2.24, 2.45) is 0 Å². The number of hydrogen-bond acceptors (Lipinski definition) is 5. The van der Waals surface area contributed by atoms with Crippen molar-refractivity contribution >= 4 is 23.3 Å². The monoisotopic (exact) mass is 256 g/mol. The van der Waals surface area contributed by atoms with Crippen molar-refractivity contribution in [3.05, 3.63) is 35.9 Å². The van der Waals surface area contributed by atoms with Gasteiger partial charge in [0.25, 0.3) is 0 Å². The van der Waals surface area contributed by atoms with Crippen LogP contribution in [-0.2, 0) is 0 Å². The van der Waals surface area contributed by atoms with Gasteiger partial charge in [0.2, 0.25) is 0 Å². The molecule has 0 fully saturated rings. The Morgan fingerprint density at radius 1 is 1.50 bits per heavy atom. The third-order valence-electron chi connectivity index (χ3n) is 1.97. The van der Waals surface area contributed by atoms with Gasteiger partial charge in [-0.25, -0.2) is 9.37 Å². The number of benzene rings is 1. The third-order valence-corrected chi connectivity index (χ3v) is 3.76. The molecule has 0 unspecified atom stereocenters. The Bertz CT molecular complexity index is 474. The van der Waals surface area contributed by atoms with Gasteiger partial charge in [-0.1, -0.05) is 17.8 Å². The van der Waals surface area contributed by atoms with Crippen molar-refractivity contribution in [2.75, 3.05) is 0 Å². The SMILES string of the molecule is C[C@H](O)c1c(F)cccc1Sc1ncns1. The molecule has 0 saturated heterocycles. The average Bonchev–Trinajstić information content (AvgIpc) is 2.70. The van der Waals surface area contributed by atoms with Gasteiger partial charge in [-0.3, -0.25) is 0 Å². The van der Waals surface area contributed by atoms with E-state index in [4.69, 9.17) is 0 Å². The highest BCUT2D eigenvalue weighted by Crippen LogP contribution is 2.34. The van der Waals surface area contributed by atoms with Crippen LogP contribution in [-0.4, -0.2) is 14.5 Å². The Labute approximate surface area is 101 Å². The quantitative estimate of drug-likeness (QED) is 0.917. The summed E-state index contributed by atoms with van der Waals surface area (Å²) in [7, 11) is 0. The minimum atomic E-state index is -0.836. The zero-order valence-electron chi connectivity index (χ0n) is 8.42. The van der Waals surface area contributed by atoms with Gasteiger partial charge in [-0.15, -0.1) is 0 Å². The summed E-state index contributed by atoms with van der Waals surface area (Å²) in [5, 5.41) is 9.53. The van der Waals surface area contributed by atoms with Gasteiger partial charge in [-0.2, -0.15) is 4.37 Å². The summed E-state index contributed by atoms with van der Waals surface area (Å²) >= 11 is 2.55. The number of aromatic nitrogens is 2. The number of halogens is 1. The first-order chi connectivity index (χ1) is 7.68. The molecule has 0 spiro atoms. The first-order valence-corrected chi connectivity index (χ1v) is 6.18. The van der Waals surface area contributed by atoms with Crippen molar-refractivity contribution in [1.82, 2.24) is 9.36 Å². The first kappa shape index (κ1) is 11.5. The molecule has 1 aromatic heterocycles. The van der Waals surface area contributed by atoms with Crippen molar-refractivity contribution in [2.45, 2.75) is 22.3 Å². The predicted molar refractivity (Wildman–Crippen MR) is 61.1 cm³/mol. The zero-order valence-corrected chi connectivity index (χ0v) is 10.1. The Hall–Kier alpha value is -0.980. The Kier molecular flexibility index (Phi) is 3.52.